The van der Waals surface area contributed by atoms with E-state index < -0.39 is 4.92 Å². The highest BCUT2D eigenvalue weighted by Gasteiger charge is 2.19. The van der Waals surface area contributed by atoms with Crippen LogP contribution in [0.4, 0.5) is 5.69 Å². The Hall–Kier alpha value is -2.57. The van der Waals surface area contributed by atoms with Crippen LogP contribution in [-0.4, -0.2) is 42.5 Å². The number of nitro groups is 1. The molecular weight excluding hydrogens is 288 g/mol. The maximum atomic E-state index is 12.1. The largest absolute Gasteiger partial charge is 0.496 e. The second kappa shape index (κ2) is 8.02. The number of likely N-dealkylation sites (N-methyl/N-ethyl adjacent to an activating group) is 1. The van der Waals surface area contributed by atoms with Gasteiger partial charge in [0.15, 0.2) is 12.4 Å². The Morgan fingerprint density at radius 2 is 2.14 bits per heavy atom. The van der Waals surface area contributed by atoms with Crippen LogP contribution >= 0.6 is 0 Å². The fourth-order valence-corrected chi connectivity index (χ4v) is 1.82. The van der Waals surface area contributed by atoms with Gasteiger partial charge in [0.25, 0.3) is 5.91 Å². The van der Waals surface area contributed by atoms with Crippen LogP contribution in [0.1, 0.15) is 13.8 Å². The average Bonchev–Trinajstić information content (AvgIpc) is 2.49. The van der Waals surface area contributed by atoms with Crippen molar-refractivity contribution in [2.75, 3.05) is 26.8 Å². The molecule has 0 aliphatic heterocycles. The van der Waals surface area contributed by atoms with Gasteiger partial charge in [-0.3, -0.25) is 14.9 Å². The lowest BCUT2D eigenvalue weighted by atomic mass is 10.3. The second-order valence-corrected chi connectivity index (χ2v) is 4.74. The van der Waals surface area contributed by atoms with Gasteiger partial charge in [-0.1, -0.05) is 12.2 Å². The maximum Gasteiger partial charge on any atom is 0.314 e. The summed E-state index contributed by atoms with van der Waals surface area (Å²) in [6.45, 7) is 8.11. The van der Waals surface area contributed by atoms with E-state index in [1.54, 1.807) is 4.90 Å². The normalized spacial score (nSPS) is 9.95. The van der Waals surface area contributed by atoms with Crippen LogP contribution in [0.2, 0.25) is 0 Å². The highest BCUT2D eigenvalue weighted by atomic mass is 16.6. The number of nitro benzene ring substituents is 1. The molecule has 0 aliphatic carbocycles. The van der Waals surface area contributed by atoms with Crippen molar-refractivity contribution in [3.63, 3.8) is 0 Å². The number of methoxy groups -OCH3 is 1. The molecule has 0 atom stereocenters. The third-order valence-corrected chi connectivity index (χ3v) is 2.91. The van der Waals surface area contributed by atoms with E-state index >= 15 is 0 Å². The van der Waals surface area contributed by atoms with Crippen LogP contribution in [-0.2, 0) is 4.79 Å². The summed E-state index contributed by atoms with van der Waals surface area (Å²) in [5, 5.41) is 11.0. The van der Waals surface area contributed by atoms with Crippen LogP contribution in [0.5, 0.6) is 11.5 Å². The SMILES string of the molecule is C=C(C)CN(CC)C(=O)COc1ccc(OC)cc1[N+](=O)[O-]. The predicted molar refractivity (Wildman–Crippen MR) is 82.2 cm³/mol. The van der Waals surface area contributed by atoms with E-state index in [4.69, 9.17) is 9.47 Å². The number of hydrogen-bond donors (Lipinski definition) is 0. The van der Waals surface area contributed by atoms with Crippen LogP contribution in [0.3, 0.4) is 0 Å². The van der Waals surface area contributed by atoms with Crippen molar-refractivity contribution in [2.45, 2.75) is 13.8 Å². The molecule has 0 saturated carbocycles. The molecule has 120 valence electrons. The minimum atomic E-state index is -0.576. The quantitative estimate of drug-likeness (QED) is 0.418. The van der Waals surface area contributed by atoms with Gasteiger partial charge in [0.05, 0.1) is 18.1 Å². The van der Waals surface area contributed by atoms with Gasteiger partial charge >= 0.3 is 5.69 Å². The van der Waals surface area contributed by atoms with E-state index in [9.17, 15) is 14.9 Å². The first kappa shape index (κ1) is 17.5. The number of amides is 1. The predicted octanol–water partition coefficient (Wildman–Crippen LogP) is 2.41. The number of hydrogen-bond acceptors (Lipinski definition) is 5. The summed E-state index contributed by atoms with van der Waals surface area (Å²) in [7, 11) is 1.42. The van der Waals surface area contributed by atoms with Crippen molar-refractivity contribution >= 4 is 11.6 Å². The minimum absolute atomic E-state index is 0.0329. The molecule has 0 bridgehead atoms. The standard InChI is InChI=1S/C15H20N2O5/c1-5-16(9-11(2)3)15(18)10-22-14-7-6-12(21-4)8-13(14)17(19)20/h6-8H,2,5,9-10H2,1,3-4H3. The number of carbonyl (C=O) groups is 1. The molecule has 0 aromatic heterocycles. The van der Waals surface area contributed by atoms with Crippen molar-refractivity contribution in [2.24, 2.45) is 0 Å². The summed E-state index contributed by atoms with van der Waals surface area (Å²) >= 11 is 0. The van der Waals surface area contributed by atoms with Gasteiger partial charge in [0.2, 0.25) is 0 Å². The van der Waals surface area contributed by atoms with Crippen LogP contribution in [0.25, 0.3) is 0 Å². The first-order chi connectivity index (χ1) is 10.4. The topological polar surface area (TPSA) is 81.9 Å². The van der Waals surface area contributed by atoms with Gasteiger partial charge in [-0.15, -0.1) is 0 Å². The summed E-state index contributed by atoms with van der Waals surface area (Å²) in [6.07, 6.45) is 0. The van der Waals surface area contributed by atoms with Crippen LogP contribution in [0.15, 0.2) is 30.4 Å². The van der Waals surface area contributed by atoms with Gasteiger partial charge in [-0.25, -0.2) is 0 Å². The number of benzene rings is 1. The molecular formula is C15H20N2O5. The van der Waals surface area contributed by atoms with Gasteiger partial charge in [-0.2, -0.15) is 0 Å². The van der Waals surface area contributed by atoms with E-state index in [2.05, 4.69) is 6.58 Å². The first-order valence-corrected chi connectivity index (χ1v) is 6.76. The van der Waals surface area contributed by atoms with Gasteiger partial charge < -0.3 is 14.4 Å². The molecule has 1 amide bonds. The fraction of sp³-hybridized carbons (Fsp3) is 0.400. The molecule has 1 rings (SSSR count). The Bertz CT molecular complexity index is 571. The van der Waals surface area contributed by atoms with Crippen molar-refractivity contribution in [3.8, 4) is 11.5 Å². The zero-order valence-electron chi connectivity index (χ0n) is 13.0. The Labute approximate surface area is 129 Å². The van der Waals surface area contributed by atoms with E-state index in [1.165, 1.54) is 25.3 Å². The monoisotopic (exact) mass is 308 g/mol. The number of nitrogens with zero attached hydrogens (tertiary/aromatic N) is 2. The van der Waals surface area contributed by atoms with Gasteiger partial charge in [0.1, 0.15) is 5.75 Å². The van der Waals surface area contributed by atoms with E-state index in [1.807, 2.05) is 13.8 Å². The number of carbonyl (C=O) groups excluding carboxylic acids is 1. The Balaban J connectivity index is 2.80. The molecule has 1 aromatic carbocycles. The molecule has 22 heavy (non-hydrogen) atoms. The van der Waals surface area contributed by atoms with Gasteiger partial charge in [0, 0.05) is 13.1 Å². The van der Waals surface area contributed by atoms with Crippen LogP contribution in [0, 0.1) is 10.1 Å². The van der Waals surface area contributed by atoms with E-state index in [0.717, 1.165) is 5.57 Å². The van der Waals surface area contributed by atoms with Crippen molar-refractivity contribution in [1.29, 1.82) is 0 Å². The zero-order valence-corrected chi connectivity index (χ0v) is 13.0. The summed E-state index contributed by atoms with van der Waals surface area (Å²) in [4.78, 5) is 24.1. The lowest BCUT2D eigenvalue weighted by molar-refractivity contribution is -0.385. The zero-order chi connectivity index (χ0) is 16.7. The lowest BCUT2D eigenvalue weighted by Crippen LogP contribution is -2.35. The van der Waals surface area contributed by atoms with Crippen LogP contribution < -0.4 is 9.47 Å². The Morgan fingerprint density at radius 1 is 1.45 bits per heavy atom. The molecule has 0 aliphatic rings. The second-order valence-electron chi connectivity index (χ2n) is 4.74. The highest BCUT2D eigenvalue weighted by Crippen LogP contribution is 2.30. The van der Waals surface area contributed by atoms with E-state index in [0.29, 0.717) is 18.8 Å². The van der Waals surface area contributed by atoms with Gasteiger partial charge in [-0.05, 0) is 26.0 Å². The molecule has 7 nitrogen and oxygen atoms in total. The smallest absolute Gasteiger partial charge is 0.314 e. The molecule has 0 unspecified atom stereocenters. The molecule has 0 fully saturated rings. The Kier molecular flexibility index (Phi) is 6.37. The summed E-state index contributed by atoms with van der Waals surface area (Å²) in [5.41, 5.74) is 0.612. The molecule has 0 saturated heterocycles. The van der Waals surface area contributed by atoms with Crippen molar-refractivity contribution in [3.05, 3.63) is 40.5 Å². The molecule has 1 aromatic rings. The summed E-state index contributed by atoms with van der Waals surface area (Å²) in [6, 6.07) is 4.21. The maximum absolute atomic E-state index is 12.1. The summed E-state index contributed by atoms with van der Waals surface area (Å²) in [5.74, 6) is 0.129. The fourth-order valence-electron chi connectivity index (χ4n) is 1.82. The summed E-state index contributed by atoms with van der Waals surface area (Å²) < 4.78 is 10.2. The minimum Gasteiger partial charge on any atom is -0.496 e. The third kappa shape index (κ3) is 4.76. The van der Waals surface area contributed by atoms with Crippen molar-refractivity contribution in [1.82, 2.24) is 4.90 Å². The Morgan fingerprint density at radius 3 is 2.64 bits per heavy atom. The average molecular weight is 308 g/mol. The molecule has 0 N–H and O–H groups in total. The molecule has 7 heteroatoms. The van der Waals surface area contributed by atoms with E-state index in [-0.39, 0.29) is 24.0 Å². The highest BCUT2D eigenvalue weighted by molar-refractivity contribution is 5.78. The molecule has 0 heterocycles. The third-order valence-electron chi connectivity index (χ3n) is 2.91. The number of rotatable bonds is 8. The molecule has 0 spiro atoms. The molecule has 0 radical (unpaired) electrons. The number of ether oxygens (including phenoxy) is 2. The van der Waals surface area contributed by atoms with Crippen molar-refractivity contribution < 1.29 is 19.2 Å². The first-order valence-electron chi connectivity index (χ1n) is 6.76. The lowest BCUT2D eigenvalue weighted by Gasteiger charge is -2.21.